The number of amides is 3. The molecule has 1 aliphatic heterocycles. The van der Waals surface area contributed by atoms with Crippen LogP contribution >= 0.6 is 0 Å². The largest absolute Gasteiger partial charge is 0.416 e. The van der Waals surface area contributed by atoms with Crippen molar-refractivity contribution in [2.24, 2.45) is 0 Å². The van der Waals surface area contributed by atoms with E-state index in [-0.39, 0.29) is 12.1 Å². The summed E-state index contributed by atoms with van der Waals surface area (Å²) in [5, 5.41) is 12.9. The van der Waals surface area contributed by atoms with E-state index >= 15 is 0 Å². The minimum Gasteiger partial charge on any atom is -0.387 e. The second-order valence-corrected chi connectivity index (χ2v) is 6.27. The van der Waals surface area contributed by atoms with Crippen molar-refractivity contribution >= 4 is 11.9 Å². The van der Waals surface area contributed by atoms with Crippen LogP contribution in [0.25, 0.3) is 0 Å². The van der Waals surface area contributed by atoms with Crippen LogP contribution in [0.5, 0.6) is 0 Å². The van der Waals surface area contributed by atoms with E-state index in [0.29, 0.717) is 12.8 Å². The molecule has 1 aromatic carbocycles. The lowest BCUT2D eigenvalue weighted by Crippen LogP contribution is -2.44. The van der Waals surface area contributed by atoms with Crippen LogP contribution in [0.15, 0.2) is 24.3 Å². The topological polar surface area (TPSA) is 69.6 Å². The van der Waals surface area contributed by atoms with Gasteiger partial charge >= 0.3 is 12.2 Å². The summed E-state index contributed by atoms with van der Waals surface area (Å²) < 4.78 is 38.3. The molecular formula is C16H17F3N2O3. The first-order valence-corrected chi connectivity index (χ1v) is 7.72. The zero-order chi connectivity index (χ0) is 17.5. The average molecular weight is 342 g/mol. The van der Waals surface area contributed by atoms with E-state index in [4.69, 9.17) is 0 Å². The molecule has 24 heavy (non-hydrogen) atoms. The van der Waals surface area contributed by atoms with Gasteiger partial charge in [-0.15, -0.1) is 0 Å². The molecule has 2 N–H and O–H groups in total. The summed E-state index contributed by atoms with van der Waals surface area (Å²) >= 11 is 0. The summed E-state index contributed by atoms with van der Waals surface area (Å²) in [7, 11) is 0. The molecule has 3 rings (SSSR count). The van der Waals surface area contributed by atoms with Gasteiger partial charge in [-0.2, -0.15) is 13.2 Å². The van der Waals surface area contributed by atoms with Crippen LogP contribution in [-0.4, -0.2) is 34.0 Å². The second-order valence-electron chi connectivity index (χ2n) is 6.27. The minimum atomic E-state index is -4.52. The summed E-state index contributed by atoms with van der Waals surface area (Å²) in [4.78, 5) is 25.4. The number of benzene rings is 1. The number of imide groups is 1. The van der Waals surface area contributed by atoms with Crippen molar-refractivity contribution in [1.29, 1.82) is 0 Å². The van der Waals surface area contributed by atoms with E-state index in [1.165, 1.54) is 12.1 Å². The van der Waals surface area contributed by atoms with Crippen molar-refractivity contribution < 1.29 is 27.9 Å². The molecule has 1 saturated carbocycles. The Hall–Kier alpha value is -2.09. The Bertz CT molecular complexity index is 669. The number of aliphatic hydroxyl groups is 1. The molecule has 8 heteroatoms. The average Bonchev–Trinajstić information content (AvgIpc) is 3.08. The summed E-state index contributed by atoms with van der Waals surface area (Å²) in [5.74, 6) is -0.406. The Balaban J connectivity index is 1.76. The minimum absolute atomic E-state index is 0.0118. The fourth-order valence-corrected chi connectivity index (χ4v) is 3.36. The fourth-order valence-electron chi connectivity index (χ4n) is 3.36. The normalized spacial score (nSPS) is 21.4. The van der Waals surface area contributed by atoms with E-state index in [9.17, 15) is 27.9 Å². The molecule has 0 aromatic heterocycles. The highest BCUT2D eigenvalue weighted by molar-refractivity contribution is 6.07. The molecule has 1 spiro atoms. The maximum atomic E-state index is 12.8. The highest BCUT2D eigenvalue weighted by Gasteiger charge is 2.52. The molecule has 2 aliphatic rings. The van der Waals surface area contributed by atoms with Crippen LogP contribution in [0.3, 0.4) is 0 Å². The third-order valence-electron chi connectivity index (χ3n) is 4.66. The number of β-amino-alcohol motifs (C(OH)–C–C–N with tert-alkyl or cyclic N) is 1. The highest BCUT2D eigenvalue weighted by Crippen LogP contribution is 2.36. The van der Waals surface area contributed by atoms with Gasteiger partial charge in [-0.05, 0) is 30.5 Å². The Labute approximate surface area is 136 Å². The van der Waals surface area contributed by atoms with Gasteiger partial charge in [0.05, 0.1) is 18.2 Å². The van der Waals surface area contributed by atoms with Gasteiger partial charge in [-0.3, -0.25) is 9.69 Å². The summed E-state index contributed by atoms with van der Waals surface area (Å²) in [6.45, 7) is -0.367. The number of alkyl halides is 3. The molecule has 1 unspecified atom stereocenters. The standard InChI is InChI=1S/C16H17F3N2O3/c17-16(18,19)11-5-3-4-10(8-11)12(22)9-21-13(23)15(20-14(21)24)6-1-2-7-15/h3-5,8,12,22H,1-2,6-7,9H2,(H,20,24). The molecule has 0 radical (unpaired) electrons. The highest BCUT2D eigenvalue weighted by atomic mass is 19.4. The van der Waals surface area contributed by atoms with Crippen LogP contribution < -0.4 is 5.32 Å². The SMILES string of the molecule is O=C1NC2(CCCC2)C(=O)N1CC(O)c1cccc(C(F)(F)F)c1. The Morgan fingerprint density at radius 2 is 1.92 bits per heavy atom. The van der Waals surface area contributed by atoms with Crippen molar-refractivity contribution in [3.63, 3.8) is 0 Å². The van der Waals surface area contributed by atoms with Gasteiger partial charge in [0.1, 0.15) is 5.54 Å². The van der Waals surface area contributed by atoms with Crippen molar-refractivity contribution in [1.82, 2.24) is 10.2 Å². The van der Waals surface area contributed by atoms with Gasteiger partial charge < -0.3 is 10.4 Å². The van der Waals surface area contributed by atoms with Gasteiger partial charge in [0.2, 0.25) is 0 Å². The number of carbonyl (C=O) groups excluding carboxylic acids is 2. The number of nitrogens with one attached hydrogen (secondary N) is 1. The molecule has 1 atom stereocenters. The third kappa shape index (κ3) is 2.86. The Morgan fingerprint density at radius 1 is 1.25 bits per heavy atom. The summed E-state index contributed by atoms with van der Waals surface area (Å²) in [5.41, 5.74) is -1.77. The van der Waals surface area contributed by atoms with Crippen LogP contribution in [0.4, 0.5) is 18.0 Å². The van der Waals surface area contributed by atoms with E-state index in [2.05, 4.69) is 5.32 Å². The second kappa shape index (κ2) is 5.77. The van der Waals surface area contributed by atoms with Gasteiger partial charge in [0, 0.05) is 0 Å². The number of aliphatic hydroxyl groups excluding tert-OH is 1. The maximum absolute atomic E-state index is 12.8. The van der Waals surface area contributed by atoms with Gasteiger partial charge in [-0.25, -0.2) is 4.79 Å². The van der Waals surface area contributed by atoms with E-state index < -0.39 is 35.3 Å². The van der Waals surface area contributed by atoms with Crippen molar-refractivity contribution in [2.75, 3.05) is 6.54 Å². The molecule has 1 aliphatic carbocycles. The molecular weight excluding hydrogens is 325 g/mol. The van der Waals surface area contributed by atoms with E-state index in [1.807, 2.05) is 0 Å². The van der Waals surface area contributed by atoms with Crippen molar-refractivity contribution in [2.45, 2.75) is 43.5 Å². The van der Waals surface area contributed by atoms with Crippen molar-refractivity contribution in [3.8, 4) is 0 Å². The molecule has 3 amide bonds. The quantitative estimate of drug-likeness (QED) is 0.830. The predicted octanol–water partition coefficient (Wildman–Crippen LogP) is 2.60. The maximum Gasteiger partial charge on any atom is 0.416 e. The number of carbonyl (C=O) groups is 2. The molecule has 130 valence electrons. The number of hydrogen-bond donors (Lipinski definition) is 2. The number of halogens is 3. The summed E-state index contributed by atoms with van der Waals surface area (Å²) in [6, 6.07) is 3.65. The molecule has 1 saturated heterocycles. The number of hydrogen-bond acceptors (Lipinski definition) is 3. The van der Waals surface area contributed by atoms with E-state index in [0.717, 1.165) is 29.9 Å². The Morgan fingerprint density at radius 3 is 2.54 bits per heavy atom. The fraction of sp³-hybridized carbons (Fsp3) is 0.500. The lowest BCUT2D eigenvalue weighted by molar-refractivity contribution is -0.138. The number of rotatable bonds is 3. The first-order chi connectivity index (χ1) is 11.2. The van der Waals surface area contributed by atoms with Crippen LogP contribution in [0.1, 0.15) is 42.9 Å². The third-order valence-corrected chi connectivity index (χ3v) is 4.66. The van der Waals surface area contributed by atoms with Gasteiger partial charge in [0.25, 0.3) is 5.91 Å². The molecule has 1 aromatic rings. The lowest BCUT2D eigenvalue weighted by Gasteiger charge is -2.22. The Kier molecular flexibility index (Phi) is 4.03. The van der Waals surface area contributed by atoms with Crippen LogP contribution in [-0.2, 0) is 11.0 Å². The van der Waals surface area contributed by atoms with Gasteiger partial charge in [-0.1, -0.05) is 25.0 Å². The molecule has 5 nitrogen and oxygen atoms in total. The number of nitrogens with zero attached hydrogens (tertiary/aromatic N) is 1. The summed E-state index contributed by atoms with van der Waals surface area (Å²) in [6.07, 6.45) is -3.14. The molecule has 1 heterocycles. The van der Waals surface area contributed by atoms with Gasteiger partial charge in [0.15, 0.2) is 0 Å². The first kappa shape index (κ1) is 16.8. The zero-order valence-electron chi connectivity index (χ0n) is 12.8. The van der Waals surface area contributed by atoms with Crippen molar-refractivity contribution in [3.05, 3.63) is 35.4 Å². The molecule has 2 fully saturated rings. The monoisotopic (exact) mass is 342 g/mol. The first-order valence-electron chi connectivity index (χ1n) is 7.72. The lowest BCUT2D eigenvalue weighted by atomic mass is 9.98. The molecule has 0 bridgehead atoms. The number of urea groups is 1. The predicted molar refractivity (Wildman–Crippen MR) is 77.8 cm³/mol. The van der Waals surface area contributed by atoms with Crippen LogP contribution in [0.2, 0.25) is 0 Å². The van der Waals surface area contributed by atoms with Crippen LogP contribution in [0, 0.1) is 0 Å². The zero-order valence-corrected chi connectivity index (χ0v) is 12.8. The van der Waals surface area contributed by atoms with E-state index in [1.54, 1.807) is 0 Å². The smallest absolute Gasteiger partial charge is 0.387 e.